The van der Waals surface area contributed by atoms with Crippen LogP contribution in [0.1, 0.15) is 36.5 Å². The molecule has 2 rings (SSSR count). The third-order valence-corrected chi connectivity index (χ3v) is 3.43. The van der Waals surface area contributed by atoms with E-state index < -0.39 is 0 Å². The Bertz CT molecular complexity index is 503. The second-order valence-corrected chi connectivity index (χ2v) is 4.96. The van der Waals surface area contributed by atoms with Crippen LogP contribution in [0.25, 0.3) is 0 Å². The van der Waals surface area contributed by atoms with E-state index >= 15 is 0 Å². The van der Waals surface area contributed by atoms with Crippen molar-refractivity contribution in [1.29, 1.82) is 5.26 Å². The number of ketones is 1. The van der Waals surface area contributed by atoms with Gasteiger partial charge in [-0.3, -0.25) is 4.79 Å². The van der Waals surface area contributed by atoms with E-state index in [1.165, 1.54) is 6.92 Å². The summed E-state index contributed by atoms with van der Waals surface area (Å²) in [5.74, 6) is -0.0263. The van der Waals surface area contributed by atoms with Gasteiger partial charge >= 0.3 is 0 Å². The Hall–Kier alpha value is -1.53. The predicted molar refractivity (Wildman–Crippen MR) is 72.1 cm³/mol. The molecule has 1 saturated carbocycles. The Balaban J connectivity index is 2.23. The molecule has 1 aliphatic carbocycles. The maximum absolute atomic E-state index is 11.3. The zero-order chi connectivity index (χ0) is 13.1. The van der Waals surface area contributed by atoms with E-state index in [0.29, 0.717) is 23.0 Å². The molecule has 0 amide bonds. The number of anilines is 1. The maximum atomic E-state index is 11.3. The first kappa shape index (κ1) is 12.9. The molecule has 0 N–H and O–H groups in total. The van der Waals surface area contributed by atoms with Crippen molar-refractivity contribution in [3.05, 3.63) is 28.8 Å². The van der Waals surface area contributed by atoms with E-state index in [1.807, 2.05) is 12.1 Å². The minimum Gasteiger partial charge on any atom is -0.367 e. The molecule has 0 spiro atoms. The average Bonchev–Trinajstić information content (AvgIpc) is 3.13. The van der Waals surface area contributed by atoms with Crippen LogP contribution in [0.4, 0.5) is 5.69 Å². The highest BCUT2D eigenvalue weighted by molar-refractivity contribution is 6.34. The summed E-state index contributed by atoms with van der Waals surface area (Å²) in [6.07, 6.45) is 2.83. The molecule has 0 unspecified atom stereocenters. The van der Waals surface area contributed by atoms with E-state index in [4.69, 9.17) is 16.9 Å². The zero-order valence-electron chi connectivity index (χ0n) is 10.3. The number of carbonyl (C=O) groups is 1. The van der Waals surface area contributed by atoms with Crippen LogP contribution < -0.4 is 4.90 Å². The topological polar surface area (TPSA) is 44.1 Å². The van der Waals surface area contributed by atoms with E-state index in [1.54, 1.807) is 6.07 Å². The van der Waals surface area contributed by atoms with Crippen molar-refractivity contribution < 1.29 is 4.79 Å². The molecule has 0 bridgehead atoms. The molecule has 0 heterocycles. The maximum Gasteiger partial charge on any atom is 0.161 e. The fourth-order valence-corrected chi connectivity index (χ4v) is 2.36. The summed E-state index contributed by atoms with van der Waals surface area (Å²) in [4.78, 5) is 13.5. The first-order valence-corrected chi connectivity index (χ1v) is 6.45. The lowest BCUT2D eigenvalue weighted by atomic mass is 10.1. The number of rotatable bonds is 5. The molecule has 0 atom stereocenters. The summed E-state index contributed by atoms with van der Waals surface area (Å²) >= 11 is 6.12. The number of halogens is 1. The lowest BCUT2D eigenvalue weighted by molar-refractivity contribution is 0.101. The van der Waals surface area contributed by atoms with Crippen molar-refractivity contribution in [1.82, 2.24) is 0 Å². The first-order chi connectivity index (χ1) is 8.63. The van der Waals surface area contributed by atoms with Crippen LogP contribution in [0.5, 0.6) is 0 Å². The van der Waals surface area contributed by atoms with Crippen molar-refractivity contribution in [3.8, 4) is 6.07 Å². The van der Waals surface area contributed by atoms with Gasteiger partial charge in [-0.05, 0) is 38.0 Å². The largest absolute Gasteiger partial charge is 0.367 e. The fourth-order valence-electron chi connectivity index (χ4n) is 2.05. The summed E-state index contributed by atoms with van der Waals surface area (Å²) in [5.41, 5.74) is 1.55. The number of benzene rings is 1. The Labute approximate surface area is 112 Å². The van der Waals surface area contributed by atoms with E-state index in [-0.39, 0.29) is 5.78 Å². The van der Waals surface area contributed by atoms with Gasteiger partial charge < -0.3 is 4.90 Å². The summed E-state index contributed by atoms with van der Waals surface area (Å²) in [6.45, 7) is 2.23. The molecule has 94 valence electrons. The average molecular weight is 263 g/mol. The van der Waals surface area contributed by atoms with Gasteiger partial charge in [0.15, 0.2) is 5.78 Å². The molecule has 3 nitrogen and oxygen atoms in total. The van der Waals surface area contributed by atoms with Crippen molar-refractivity contribution >= 4 is 23.1 Å². The minimum absolute atomic E-state index is 0.0263. The van der Waals surface area contributed by atoms with Crippen molar-refractivity contribution in [2.45, 2.75) is 32.2 Å². The summed E-state index contributed by atoms with van der Waals surface area (Å²) < 4.78 is 0. The molecule has 1 fully saturated rings. The summed E-state index contributed by atoms with van der Waals surface area (Å²) in [5, 5.41) is 9.18. The second kappa shape index (κ2) is 5.41. The SMILES string of the molecule is CC(=O)c1ccc(N(CCC#N)C2CC2)cc1Cl. The second-order valence-electron chi connectivity index (χ2n) is 4.55. The van der Waals surface area contributed by atoms with Gasteiger partial charge in [0.25, 0.3) is 0 Å². The van der Waals surface area contributed by atoms with Crippen LogP contribution in [0.15, 0.2) is 18.2 Å². The van der Waals surface area contributed by atoms with Crippen LogP contribution in [-0.4, -0.2) is 18.4 Å². The third-order valence-electron chi connectivity index (χ3n) is 3.12. The van der Waals surface area contributed by atoms with Crippen molar-refractivity contribution in [3.63, 3.8) is 0 Å². The van der Waals surface area contributed by atoms with E-state index in [2.05, 4.69) is 11.0 Å². The highest BCUT2D eigenvalue weighted by atomic mass is 35.5. The quantitative estimate of drug-likeness (QED) is 0.764. The van der Waals surface area contributed by atoms with Crippen LogP contribution in [0.2, 0.25) is 5.02 Å². The number of hydrogen-bond acceptors (Lipinski definition) is 3. The first-order valence-electron chi connectivity index (χ1n) is 6.07. The smallest absolute Gasteiger partial charge is 0.161 e. The number of Topliss-reactive ketones (excluding diaryl/α,β-unsaturated/α-hetero) is 1. The van der Waals surface area contributed by atoms with Crippen LogP contribution in [-0.2, 0) is 0 Å². The van der Waals surface area contributed by atoms with Gasteiger partial charge in [0.2, 0.25) is 0 Å². The molecule has 0 aromatic heterocycles. The van der Waals surface area contributed by atoms with Crippen LogP contribution >= 0.6 is 11.6 Å². The van der Waals surface area contributed by atoms with Gasteiger partial charge in [-0.2, -0.15) is 5.26 Å². The number of hydrogen-bond donors (Lipinski definition) is 0. The number of nitrogens with zero attached hydrogens (tertiary/aromatic N) is 2. The van der Waals surface area contributed by atoms with Gasteiger partial charge in [-0.1, -0.05) is 11.6 Å². The van der Waals surface area contributed by atoms with Gasteiger partial charge in [-0.15, -0.1) is 0 Å². The molecular weight excluding hydrogens is 248 g/mol. The highest BCUT2D eigenvalue weighted by Gasteiger charge is 2.29. The Morgan fingerprint density at radius 3 is 2.78 bits per heavy atom. The Morgan fingerprint density at radius 1 is 1.56 bits per heavy atom. The van der Waals surface area contributed by atoms with E-state index in [0.717, 1.165) is 25.1 Å². The van der Waals surface area contributed by atoms with Gasteiger partial charge in [0.05, 0.1) is 17.5 Å². The number of nitriles is 1. The minimum atomic E-state index is -0.0263. The lowest BCUT2D eigenvalue weighted by Crippen LogP contribution is -2.26. The molecular formula is C14H15ClN2O. The molecule has 1 aliphatic rings. The van der Waals surface area contributed by atoms with Gasteiger partial charge in [-0.25, -0.2) is 0 Å². The molecule has 18 heavy (non-hydrogen) atoms. The Morgan fingerprint density at radius 2 is 2.28 bits per heavy atom. The number of carbonyl (C=O) groups excluding carboxylic acids is 1. The van der Waals surface area contributed by atoms with Gasteiger partial charge in [0, 0.05) is 23.8 Å². The predicted octanol–water partition coefficient (Wildman–Crippen LogP) is 3.43. The highest BCUT2D eigenvalue weighted by Crippen LogP contribution is 2.33. The molecule has 0 aliphatic heterocycles. The van der Waals surface area contributed by atoms with Crippen LogP contribution in [0, 0.1) is 11.3 Å². The van der Waals surface area contributed by atoms with Crippen molar-refractivity contribution in [2.24, 2.45) is 0 Å². The molecule has 1 aromatic rings. The summed E-state index contributed by atoms with van der Waals surface area (Å²) in [7, 11) is 0. The van der Waals surface area contributed by atoms with Crippen molar-refractivity contribution in [2.75, 3.05) is 11.4 Å². The Kier molecular flexibility index (Phi) is 3.88. The zero-order valence-corrected chi connectivity index (χ0v) is 11.1. The lowest BCUT2D eigenvalue weighted by Gasteiger charge is -2.24. The van der Waals surface area contributed by atoms with Crippen LogP contribution in [0.3, 0.4) is 0 Å². The molecule has 4 heteroatoms. The monoisotopic (exact) mass is 262 g/mol. The molecule has 1 aromatic carbocycles. The fraction of sp³-hybridized carbons (Fsp3) is 0.429. The van der Waals surface area contributed by atoms with Gasteiger partial charge in [0.1, 0.15) is 0 Å². The molecule has 0 saturated heterocycles. The third kappa shape index (κ3) is 2.83. The summed E-state index contributed by atoms with van der Waals surface area (Å²) in [6, 6.07) is 8.20. The molecule has 0 radical (unpaired) electrons. The normalized spacial score (nSPS) is 14.1. The standard InChI is InChI=1S/C14H15ClN2O/c1-10(18)13-6-5-12(9-14(13)15)17(8-2-7-16)11-3-4-11/h5-6,9,11H,2-4,8H2,1H3. The van der Waals surface area contributed by atoms with E-state index in [9.17, 15) is 4.79 Å².